The molecule has 0 heterocycles. The van der Waals surface area contributed by atoms with Crippen molar-refractivity contribution in [3.63, 3.8) is 0 Å². The predicted molar refractivity (Wildman–Crippen MR) is 78.1 cm³/mol. The normalized spacial score (nSPS) is 12.3. The fourth-order valence-corrected chi connectivity index (χ4v) is 1.73. The second kappa shape index (κ2) is 10.6. The highest BCUT2D eigenvalue weighted by Gasteiger charge is 2.20. The summed E-state index contributed by atoms with van der Waals surface area (Å²) in [6.07, 6.45) is 4.11. The summed E-state index contributed by atoms with van der Waals surface area (Å²) in [7, 11) is 9.38. The highest BCUT2D eigenvalue weighted by molar-refractivity contribution is 4.47. The average molecular weight is 404 g/mol. The second-order valence-electron chi connectivity index (χ2n) is 7.25. The molecular formula is C15H36Br2N2. The van der Waals surface area contributed by atoms with Crippen LogP contribution in [0.3, 0.4) is 0 Å². The first-order valence-corrected chi connectivity index (χ1v) is 7.25. The van der Waals surface area contributed by atoms with Crippen LogP contribution in [0, 0.1) is 0 Å². The molecule has 0 aromatic heterocycles. The lowest BCUT2D eigenvalue weighted by atomic mass is 10.1. The van der Waals surface area contributed by atoms with Crippen LogP contribution >= 0.6 is 0 Å². The fraction of sp³-hybridized carbons (Fsp3) is 1.00. The molecular weight excluding hydrogens is 368 g/mol. The molecule has 0 saturated carbocycles. The summed E-state index contributed by atoms with van der Waals surface area (Å²) in [5.41, 5.74) is 0. The molecule has 4 heteroatoms. The van der Waals surface area contributed by atoms with Crippen molar-refractivity contribution in [1.82, 2.24) is 0 Å². The summed E-state index contributed by atoms with van der Waals surface area (Å²) >= 11 is 0. The van der Waals surface area contributed by atoms with Crippen molar-refractivity contribution in [2.24, 2.45) is 0 Å². The number of hydrogen-bond donors (Lipinski definition) is 0. The summed E-state index contributed by atoms with van der Waals surface area (Å²) < 4.78 is 2.31. The molecule has 0 spiro atoms. The van der Waals surface area contributed by atoms with Gasteiger partial charge in [-0.3, -0.25) is 0 Å². The topological polar surface area (TPSA) is 0 Å². The molecule has 0 amide bonds. The number of rotatable bonds is 8. The van der Waals surface area contributed by atoms with Crippen molar-refractivity contribution < 1.29 is 42.9 Å². The number of hydrogen-bond acceptors (Lipinski definition) is 0. The molecule has 0 fully saturated rings. The Morgan fingerprint density at radius 3 is 1.05 bits per heavy atom. The van der Waals surface area contributed by atoms with Crippen LogP contribution in [0.15, 0.2) is 0 Å². The van der Waals surface area contributed by atoms with E-state index < -0.39 is 0 Å². The van der Waals surface area contributed by atoms with Gasteiger partial charge in [0.2, 0.25) is 0 Å². The molecule has 0 saturated heterocycles. The molecule has 19 heavy (non-hydrogen) atoms. The van der Waals surface area contributed by atoms with Gasteiger partial charge in [0.1, 0.15) is 0 Å². The Bertz CT molecular complexity index is 192. The van der Waals surface area contributed by atoms with E-state index in [1.54, 1.807) is 0 Å². The van der Waals surface area contributed by atoms with Crippen LogP contribution in [0.4, 0.5) is 0 Å². The Morgan fingerprint density at radius 1 is 0.579 bits per heavy atom. The summed E-state index contributed by atoms with van der Waals surface area (Å²) in [4.78, 5) is 0. The molecule has 0 aliphatic carbocycles. The molecule has 0 rings (SSSR count). The summed E-state index contributed by atoms with van der Waals surface area (Å²) in [6.45, 7) is 11.9. The maximum Gasteiger partial charge on any atom is 0.0829 e. The van der Waals surface area contributed by atoms with E-state index in [9.17, 15) is 0 Å². The second-order valence-corrected chi connectivity index (χ2v) is 7.25. The minimum Gasteiger partial charge on any atom is -1.00 e. The van der Waals surface area contributed by atoms with E-state index in [-0.39, 0.29) is 34.0 Å². The van der Waals surface area contributed by atoms with Gasteiger partial charge in [-0.15, -0.1) is 0 Å². The van der Waals surface area contributed by atoms with Crippen molar-refractivity contribution in [3.8, 4) is 0 Å². The van der Waals surface area contributed by atoms with Gasteiger partial charge < -0.3 is 42.9 Å². The van der Waals surface area contributed by atoms with Crippen molar-refractivity contribution in [2.75, 3.05) is 41.3 Å². The van der Waals surface area contributed by atoms with E-state index in [2.05, 4.69) is 55.9 Å². The fourth-order valence-electron chi connectivity index (χ4n) is 1.73. The largest absolute Gasteiger partial charge is 1.00 e. The highest BCUT2D eigenvalue weighted by atomic mass is 79.9. The molecule has 120 valence electrons. The first kappa shape index (κ1) is 24.9. The first-order valence-electron chi connectivity index (χ1n) is 7.25. The van der Waals surface area contributed by atoms with Crippen LogP contribution in [0.5, 0.6) is 0 Å². The van der Waals surface area contributed by atoms with Gasteiger partial charge in [0.15, 0.2) is 0 Å². The van der Waals surface area contributed by atoms with Crippen LogP contribution in [-0.4, -0.2) is 62.3 Å². The van der Waals surface area contributed by atoms with E-state index in [4.69, 9.17) is 0 Å². The van der Waals surface area contributed by atoms with Gasteiger partial charge in [-0.1, -0.05) is 0 Å². The van der Waals surface area contributed by atoms with Crippen LogP contribution in [0.1, 0.15) is 47.0 Å². The Hall–Kier alpha value is 0.880. The third kappa shape index (κ3) is 10.3. The van der Waals surface area contributed by atoms with Gasteiger partial charge in [-0.25, -0.2) is 0 Å². The average Bonchev–Trinajstić information content (AvgIpc) is 2.16. The standard InChI is InChI=1S/C15H36N2.2BrH/c1-14(2)16(5,6)12-10-9-11-13-17(7,8)15(3)4;;/h14-15H,9-13H2,1-8H3;2*1H/q+2;;/p-2. The predicted octanol–water partition coefficient (Wildman–Crippen LogP) is -2.87. The van der Waals surface area contributed by atoms with E-state index in [1.165, 1.54) is 32.4 Å². The zero-order valence-electron chi connectivity index (χ0n) is 14.3. The molecule has 0 atom stereocenters. The summed E-state index contributed by atoms with van der Waals surface area (Å²) in [5, 5.41) is 0. The monoisotopic (exact) mass is 402 g/mol. The Labute approximate surface area is 143 Å². The number of nitrogens with zero attached hydrogens (tertiary/aromatic N) is 2. The van der Waals surface area contributed by atoms with Gasteiger partial charge in [-0.05, 0) is 47.0 Å². The number of halogens is 2. The van der Waals surface area contributed by atoms with Crippen LogP contribution in [0.2, 0.25) is 0 Å². The minimum atomic E-state index is 0. The van der Waals surface area contributed by atoms with Crippen molar-refractivity contribution in [3.05, 3.63) is 0 Å². The van der Waals surface area contributed by atoms with E-state index in [0.717, 1.165) is 21.0 Å². The lowest BCUT2D eigenvalue weighted by Gasteiger charge is -2.35. The molecule has 0 aromatic rings. The van der Waals surface area contributed by atoms with Gasteiger partial charge in [0.25, 0.3) is 0 Å². The summed E-state index contributed by atoms with van der Waals surface area (Å²) in [5.74, 6) is 0. The van der Waals surface area contributed by atoms with Crippen LogP contribution in [-0.2, 0) is 0 Å². The highest BCUT2D eigenvalue weighted by Crippen LogP contribution is 2.12. The Balaban J connectivity index is -0.00000128. The molecule has 0 N–H and O–H groups in total. The molecule has 0 bridgehead atoms. The van der Waals surface area contributed by atoms with Crippen LogP contribution < -0.4 is 34.0 Å². The Morgan fingerprint density at radius 2 is 0.842 bits per heavy atom. The zero-order chi connectivity index (χ0) is 13.7. The zero-order valence-corrected chi connectivity index (χ0v) is 17.5. The summed E-state index contributed by atoms with van der Waals surface area (Å²) in [6, 6.07) is 1.47. The molecule has 0 aliphatic heterocycles. The maximum absolute atomic E-state index is 2.35. The number of unbranched alkanes of at least 4 members (excludes halogenated alkanes) is 2. The van der Waals surface area contributed by atoms with Crippen molar-refractivity contribution in [2.45, 2.75) is 59.0 Å². The van der Waals surface area contributed by atoms with Gasteiger partial charge in [-0.2, -0.15) is 0 Å². The maximum atomic E-state index is 2.35. The molecule has 0 aromatic carbocycles. The third-order valence-electron chi connectivity index (χ3n) is 4.76. The van der Waals surface area contributed by atoms with E-state index in [0.29, 0.717) is 0 Å². The minimum absolute atomic E-state index is 0. The SMILES string of the molecule is CC(C)[N+](C)(C)CCCCC[N+](C)(C)C(C)C.[Br-].[Br-]. The molecule has 0 aliphatic rings. The smallest absolute Gasteiger partial charge is 0.0829 e. The van der Waals surface area contributed by atoms with E-state index in [1.807, 2.05) is 0 Å². The molecule has 2 nitrogen and oxygen atoms in total. The third-order valence-corrected chi connectivity index (χ3v) is 4.76. The van der Waals surface area contributed by atoms with Crippen LogP contribution in [0.25, 0.3) is 0 Å². The van der Waals surface area contributed by atoms with Crippen molar-refractivity contribution >= 4 is 0 Å². The van der Waals surface area contributed by atoms with Crippen molar-refractivity contribution in [1.29, 1.82) is 0 Å². The quantitative estimate of drug-likeness (QED) is 0.302. The lowest BCUT2D eigenvalue weighted by Crippen LogP contribution is -3.00. The van der Waals surface area contributed by atoms with Gasteiger partial charge >= 0.3 is 0 Å². The molecule has 0 unspecified atom stereocenters. The van der Waals surface area contributed by atoms with Gasteiger partial charge in [0.05, 0.1) is 53.4 Å². The Kier molecular flexibility index (Phi) is 13.9. The molecule has 0 radical (unpaired) electrons. The van der Waals surface area contributed by atoms with Gasteiger partial charge in [0, 0.05) is 0 Å². The number of quaternary nitrogens is 2. The lowest BCUT2D eigenvalue weighted by molar-refractivity contribution is -0.913. The van der Waals surface area contributed by atoms with E-state index >= 15 is 0 Å². The first-order chi connectivity index (χ1) is 7.59.